The van der Waals surface area contributed by atoms with Crippen molar-refractivity contribution in [1.82, 2.24) is 9.97 Å². The minimum absolute atomic E-state index is 0.193. The molecule has 0 bridgehead atoms. The second kappa shape index (κ2) is 5.78. The Hall–Kier alpha value is -2.63. The molecule has 2 aromatic rings. The SMILES string of the molecule is COc1ccc(C2=NOC(c3cnccn3)C2)cc1OC. The Kier molecular flexibility index (Phi) is 3.68. The molecule has 0 N–H and O–H groups in total. The number of hydrogen-bond acceptors (Lipinski definition) is 6. The molecule has 2 heterocycles. The Labute approximate surface area is 122 Å². The van der Waals surface area contributed by atoms with Gasteiger partial charge in [0.25, 0.3) is 0 Å². The quantitative estimate of drug-likeness (QED) is 0.862. The largest absolute Gasteiger partial charge is 0.493 e. The van der Waals surface area contributed by atoms with Crippen molar-refractivity contribution in [2.24, 2.45) is 5.16 Å². The lowest BCUT2D eigenvalue weighted by molar-refractivity contribution is 0.0823. The van der Waals surface area contributed by atoms with Crippen molar-refractivity contribution in [3.8, 4) is 11.5 Å². The molecule has 6 heteroatoms. The molecule has 108 valence electrons. The standard InChI is InChI=1S/C15H15N3O3/c1-19-13-4-3-10(7-15(13)20-2)11-8-14(21-18-11)12-9-16-5-6-17-12/h3-7,9,14H,8H2,1-2H3. The van der Waals surface area contributed by atoms with E-state index in [-0.39, 0.29) is 6.10 Å². The fraction of sp³-hybridized carbons (Fsp3) is 0.267. The number of aromatic nitrogens is 2. The minimum Gasteiger partial charge on any atom is -0.493 e. The van der Waals surface area contributed by atoms with Crippen molar-refractivity contribution < 1.29 is 14.3 Å². The van der Waals surface area contributed by atoms with E-state index in [1.54, 1.807) is 32.8 Å². The molecule has 6 nitrogen and oxygen atoms in total. The number of hydrogen-bond donors (Lipinski definition) is 0. The van der Waals surface area contributed by atoms with Crippen LogP contribution in [0.3, 0.4) is 0 Å². The molecule has 0 radical (unpaired) electrons. The van der Waals surface area contributed by atoms with Crippen LogP contribution in [0.1, 0.15) is 23.8 Å². The maximum atomic E-state index is 5.45. The van der Waals surface area contributed by atoms with Gasteiger partial charge in [0.15, 0.2) is 17.6 Å². The predicted octanol–water partition coefficient (Wildman–Crippen LogP) is 2.36. The van der Waals surface area contributed by atoms with Crippen LogP contribution in [-0.2, 0) is 4.84 Å². The molecule has 1 aromatic carbocycles. The Bertz CT molecular complexity index is 658. The molecule has 3 rings (SSSR count). The first-order chi connectivity index (χ1) is 10.3. The monoisotopic (exact) mass is 285 g/mol. The first-order valence-corrected chi connectivity index (χ1v) is 6.53. The average Bonchev–Trinajstić information content (AvgIpc) is 3.05. The number of oxime groups is 1. The van der Waals surface area contributed by atoms with E-state index in [0.717, 1.165) is 17.0 Å². The Balaban J connectivity index is 1.80. The molecule has 21 heavy (non-hydrogen) atoms. The van der Waals surface area contributed by atoms with E-state index in [9.17, 15) is 0 Å². The van der Waals surface area contributed by atoms with Gasteiger partial charge in [0.2, 0.25) is 0 Å². The van der Waals surface area contributed by atoms with Gasteiger partial charge >= 0.3 is 0 Å². The van der Waals surface area contributed by atoms with Crippen molar-refractivity contribution in [2.45, 2.75) is 12.5 Å². The summed E-state index contributed by atoms with van der Waals surface area (Å²) in [5.74, 6) is 1.35. The molecule has 1 aliphatic rings. The van der Waals surface area contributed by atoms with Gasteiger partial charge < -0.3 is 14.3 Å². The van der Waals surface area contributed by atoms with Gasteiger partial charge in [-0.05, 0) is 18.2 Å². The summed E-state index contributed by atoms with van der Waals surface area (Å²) in [7, 11) is 3.22. The number of nitrogens with zero attached hydrogens (tertiary/aromatic N) is 3. The van der Waals surface area contributed by atoms with Crippen LogP contribution in [0.5, 0.6) is 11.5 Å². The van der Waals surface area contributed by atoms with Crippen LogP contribution in [0.15, 0.2) is 41.9 Å². The van der Waals surface area contributed by atoms with Crippen LogP contribution in [-0.4, -0.2) is 29.9 Å². The lowest BCUT2D eigenvalue weighted by atomic mass is 10.0. The van der Waals surface area contributed by atoms with E-state index >= 15 is 0 Å². The molecule has 0 saturated carbocycles. The highest BCUT2D eigenvalue weighted by atomic mass is 16.6. The van der Waals surface area contributed by atoms with E-state index in [1.807, 2.05) is 18.2 Å². The fourth-order valence-electron chi connectivity index (χ4n) is 2.20. The van der Waals surface area contributed by atoms with E-state index < -0.39 is 0 Å². The molecule has 1 unspecified atom stereocenters. The molecule has 0 amide bonds. The summed E-state index contributed by atoms with van der Waals surface area (Å²) in [4.78, 5) is 13.7. The normalized spacial score (nSPS) is 17.0. The fourth-order valence-corrected chi connectivity index (χ4v) is 2.20. The lowest BCUT2D eigenvalue weighted by Crippen LogP contribution is -2.04. The topological polar surface area (TPSA) is 65.8 Å². The molecule has 0 aliphatic carbocycles. The van der Waals surface area contributed by atoms with Crippen molar-refractivity contribution in [3.05, 3.63) is 48.0 Å². The molecule has 0 saturated heterocycles. The van der Waals surface area contributed by atoms with Crippen molar-refractivity contribution >= 4 is 5.71 Å². The first-order valence-electron chi connectivity index (χ1n) is 6.53. The Morgan fingerprint density at radius 2 is 2.00 bits per heavy atom. The van der Waals surface area contributed by atoms with Crippen LogP contribution in [0, 0.1) is 0 Å². The zero-order chi connectivity index (χ0) is 14.7. The third-order valence-corrected chi connectivity index (χ3v) is 3.30. The van der Waals surface area contributed by atoms with Gasteiger partial charge in [-0.1, -0.05) is 5.16 Å². The maximum absolute atomic E-state index is 5.45. The lowest BCUT2D eigenvalue weighted by Gasteiger charge is -2.09. The predicted molar refractivity (Wildman–Crippen MR) is 76.6 cm³/mol. The van der Waals surface area contributed by atoms with E-state index in [4.69, 9.17) is 14.3 Å². The van der Waals surface area contributed by atoms with Crippen molar-refractivity contribution in [1.29, 1.82) is 0 Å². The smallest absolute Gasteiger partial charge is 0.176 e. The van der Waals surface area contributed by atoms with Crippen LogP contribution in [0.4, 0.5) is 0 Å². The molecule has 1 atom stereocenters. The van der Waals surface area contributed by atoms with Gasteiger partial charge in [0, 0.05) is 24.4 Å². The van der Waals surface area contributed by atoms with Crippen LogP contribution >= 0.6 is 0 Å². The molecular weight excluding hydrogens is 270 g/mol. The summed E-state index contributed by atoms with van der Waals surface area (Å²) in [6.07, 6.45) is 5.43. The molecule has 1 aromatic heterocycles. The summed E-state index contributed by atoms with van der Waals surface area (Å²) in [6, 6.07) is 5.68. The zero-order valence-electron chi connectivity index (χ0n) is 11.8. The Morgan fingerprint density at radius 3 is 2.71 bits per heavy atom. The molecule has 1 aliphatic heterocycles. The number of methoxy groups -OCH3 is 2. The van der Waals surface area contributed by atoms with Gasteiger partial charge in [0.1, 0.15) is 5.69 Å². The van der Waals surface area contributed by atoms with Gasteiger partial charge in [-0.3, -0.25) is 9.97 Å². The summed E-state index contributed by atoms with van der Waals surface area (Å²) in [5, 5.41) is 4.15. The highest BCUT2D eigenvalue weighted by Crippen LogP contribution is 2.32. The first kappa shape index (κ1) is 13.4. The third-order valence-electron chi connectivity index (χ3n) is 3.30. The molecular formula is C15H15N3O3. The highest BCUT2D eigenvalue weighted by Gasteiger charge is 2.25. The minimum atomic E-state index is -0.193. The van der Waals surface area contributed by atoms with Crippen LogP contribution in [0.2, 0.25) is 0 Å². The van der Waals surface area contributed by atoms with Gasteiger partial charge in [-0.15, -0.1) is 0 Å². The van der Waals surface area contributed by atoms with Gasteiger partial charge in [0.05, 0.1) is 26.1 Å². The average molecular weight is 285 g/mol. The summed E-state index contributed by atoms with van der Waals surface area (Å²) in [6.45, 7) is 0. The maximum Gasteiger partial charge on any atom is 0.176 e. The Morgan fingerprint density at radius 1 is 1.14 bits per heavy atom. The number of ether oxygens (including phenoxy) is 2. The van der Waals surface area contributed by atoms with E-state index in [1.165, 1.54) is 0 Å². The zero-order valence-corrected chi connectivity index (χ0v) is 11.8. The van der Waals surface area contributed by atoms with E-state index in [0.29, 0.717) is 17.9 Å². The highest BCUT2D eigenvalue weighted by molar-refractivity contribution is 6.01. The van der Waals surface area contributed by atoms with Crippen LogP contribution < -0.4 is 9.47 Å². The van der Waals surface area contributed by atoms with Crippen molar-refractivity contribution in [2.75, 3.05) is 14.2 Å². The number of benzene rings is 1. The van der Waals surface area contributed by atoms with Gasteiger partial charge in [-0.25, -0.2) is 0 Å². The second-order valence-corrected chi connectivity index (χ2v) is 4.54. The molecule has 0 fully saturated rings. The van der Waals surface area contributed by atoms with Crippen molar-refractivity contribution in [3.63, 3.8) is 0 Å². The van der Waals surface area contributed by atoms with Gasteiger partial charge in [-0.2, -0.15) is 0 Å². The second-order valence-electron chi connectivity index (χ2n) is 4.54. The third kappa shape index (κ3) is 2.65. The summed E-state index contributed by atoms with van der Waals surface area (Å²) in [5.41, 5.74) is 2.57. The molecule has 0 spiro atoms. The van der Waals surface area contributed by atoms with E-state index in [2.05, 4.69) is 15.1 Å². The van der Waals surface area contributed by atoms with Crippen LogP contribution in [0.25, 0.3) is 0 Å². The number of rotatable bonds is 4. The summed E-state index contributed by atoms with van der Waals surface area (Å²) >= 11 is 0. The summed E-state index contributed by atoms with van der Waals surface area (Å²) < 4.78 is 10.5.